The summed E-state index contributed by atoms with van der Waals surface area (Å²) in [5.74, 6) is 0. The first kappa shape index (κ1) is 18.6. The lowest BCUT2D eigenvalue weighted by atomic mass is 9.93. The predicted octanol–water partition coefficient (Wildman–Crippen LogP) is 6.92. The van der Waals surface area contributed by atoms with Crippen LogP contribution in [0.1, 0.15) is 0 Å². The molecule has 0 unspecified atom stereocenters. The number of imidazole rings is 1. The van der Waals surface area contributed by atoms with E-state index in [1.807, 2.05) is 0 Å². The van der Waals surface area contributed by atoms with Crippen molar-refractivity contribution in [2.24, 2.45) is 7.05 Å². The molecule has 0 aliphatic rings. The highest BCUT2D eigenvalue weighted by Gasteiger charge is 2.19. The fourth-order valence-electron chi connectivity index (χ4n) is 4.63. The second kappa shape index (κ2) is 7.51. The standard InChI is InChI=1S/C30H23N2/c1-31-16-17-32-29-15-9-8-14-24(29)21-28(30(31)32)27-19-25(22-10-4-2-5-11-22)18-26(20-27)23-12-6-3-7-13-23/h2-21H,1H3/q+1. The first-order valence-corrected chi connectivity index (χ1v) is 10.9. The van der Waals surface area contributed by atoms with Gasteiger partial charge in [-0.15, -0.1) is 0 Å². The van der Waals surface area contributed by atoms with Gasteiger partial charge in [-0.2, -0.15) is 4.40 Å². The number of hydrogen-bond acceptors (Lipinski definition) is 0. The normalized spacial score (nSPS) is 11.3. The van der Waals surface area contributed by atoms with Gasteiger partial charge in [0, 0.05) is 5.39 Å². The van der Waals surface area contributed by atoms with E-state index < -0.39 is 0 Å². The van der Waals surface area contributed by atoms with Crippen LogP contribution < -0.4 is 4.40 Å². The molecule has 0 aliphatic heterocycles. The van der Waals surface area contributed by atoms with Crippen molar-refractivity contribution < 1.29 is 4.40 Å². The second-order valence-electron chi connectivity index (χ2n) is 8.25. The first-order valence-electron chi connectivity index (χ1n) is 10.9. The summed E-state index contributed by atoms with van der Waals surface area (Å²) in [6, 6.07) is 39.1. The fraction of sp³-hybridized carbons (Fsp3) is 0.0333. The van der Waals surface area contributed by atoms with Crippen LogP contribution in [-0.4, -0.2) is 4.57 Å². The molecule has 0 spiro atoms. The molecule has 0 saturated carbocycles. The largest absolute Gasteiger partial charge is 0.294 e. The summed E-state index contributed by atoms with van der Waals surface area (Å²) < 4.78 is 4.50. The molecule has 2 aromatic heterocycles. The van der Waals surface area contributed by atoms with Crippen LogP contribution in [0.2, 0.25) is 0 Å². The first-order chi connectivity index (χ1) is 15.8. The van der Waals surface area contributed by atoms with Gasteiger partial charge in [-0.05, 0) is 58.1 Å². The van der Waals surface area contributed by atoms with Gasteiger partial charge in [-0.3, -0.25) is 0 Å². The van der Waals surface area contributed by atoms with Gasteiger partial charge < -0.3 is 0 Å². The molecule has 2 heteroatoms. The Hall–Kier alpha value is -4.17. The quantitative estimate of drug-likeness (QED) is 0.280. The Labute approximate surface area is 187 Å². The Kier molecular flexibility index (Phi) is 4.36. The maximum absolute atomic E-state index is 2.32. The minimum absolute atomic E-state index is 1.19. The second-order valence-corrected chi connectivity index (χ2v) is 8.25. The van der Waals surface area contributed by atoms with Gasteiger partial charge >= 0.3 is 0 Å². The van der Waals surface area contributed by atoms with Crippen LogP contribution in [0.15, 0.2) is 122 Å². The van der Waals surface area contributed by atoms with E-state index >= 15 is 0 Å². The van der Waals surface area contributed by atoms with Crippen LogP contribution >= 0.6 is 0 Å². The average molecular weight is 412 g/mol. The number of nitrogens with zero attached hydrogens (tertiary/aromatic N) is 2. The highest BCUT2D eigenvalue weighted by atomic mass is 15.1. The number of hydrogen-bond donors (Lipinski definition) is 0. The Morgan fingerprint density at radius 1 is 0.562 bits per heavy atom. The van der Waals surface area contributed by atoms with Crippen molar-refractivity contribution in [1.29, 1.82) is 0 Å². The van der Waals surface area contributed by atoms with Crippen LogP contribution in [0.3, 0.4) is 0 Å². The maximum Gasteiger partial charge on any atom is 0.294 e. The van der Waals surface area contributed by atoms with E-state index in [4.69, 9.17) is 0 Å². The average Bonchev–Trinajstić information content (AvgIpc) is 3.26. The van der Waals surface area contributed by atoms with Crippen LogP contribution in [-0.2, 0) is 7.05 Å². The molecule has 0 aliphatic carbocycles. The van der Waals surface area contributed by atoms with E-state index in [0.29, 0.717) is 0 Å². The molecular weight excluding hydrogens is 388 g/mol. The monoisotopic (exact) mass is 411 g/mol. The molecule has 0 fully saturated rings. The Morgan fingerprint density at radius 2 is 1.12 bits per heavy atom. The zero-order chi connectivity index (χ0) is 21.5. The highest BCUT2D eigenvalue weighted by Crippen LogP contribution is 2.35. The number of pyridine rings is 1. The number of fused-ring (bicyclic) bond motifs is 3. The smallest absolute Gasteiger partial charge is 0.232 e. The molecule has 0 saturated heterocycles. The predicted molar refractivity (Wildman–Crippen MR) is 132 cm³/mol. The Bertz CT molecular complexity index is 1500. The fourth-order valence-corrected chi connectivity index (χ4v) is 4.63. The van der Waals surface area contributed by atoms with Gasteiger partial charge in [-0.25, -0.2) is 4.57 Å². The van der Waals surface area contributed by atoms with E-state index in [2.05, 4.69) is 138 Å². The SMILES string of the molecule is Cn1cc[n+]2c3ccccc3cc(-c3cc(-c4ccccc4)cc(-c4ccccc4)c3)c12. The van der Waals surface area contributed by atoms with Crippen LogP contribution in [0, 0.1) is 0 Å². The van der Waals surface area contributed by atoms with E-state index in [9.17, 15) is 0 Å². The van der Waals surface area contributed by atoms with Crippen molar-refractivity contribution in [3.8, 4) is 33.4 Å². The summed E-state index contributed by atoms with van der Waals surface area (Å²) in [7, 11) is 2.12. The molecule has 6 rings (SSSR count). The van der Waals surface area contributed by atoms with Crippen molar-refractivity contribution >= 4 is 16.6 Å². The van der Waals surface area contributed by atoms with Gasteiger partial charge in [0.25, 0.3) is 5.65 Å². The van der Waals surface area contributed by atoms with Crippen LogP contribution in [0.25, 0.3) is 49.9 Å². The van der Waals surface area contributed by atoms with Gasteiger partial charge in [0.1, 0.15) is 17.9 Å². The zero-order valence-electron chi connectivity index (χ0n) is 17.9. The molecule has 0 bridgehead atoms. The third-order valence-electron chi connectivity index (χ3n) is 6.20. The van der Waals surface area contributed by atoms with Crippen LogP contribution in [0.5, 0.6) is 0 Å². The molecule has 6 aromatic rings. The summed E-state index contributed by atoms with van der Waals surface area (Å²) in [5, 5.41) is 1.23. The minimum atomic E-state index is 1.19. The Balaban J connectivity index is 1.68. The van der Waals surface area contributed by atoms with E-state index in [-0.39, 0.29) is 0 Å². The molecule has 2 nitrogen and oxygen atoms in total. The van der Waals surface area contributed by atoms with E-state index in [0.717, 1.165) is 0 Å². The van der Waals surface area contributed by atoms with Crippen LogP contribution in [0.4, 0.5) is 0 Å². The van der Waals surface area contributed by atoms with E-state index in [1.165, 1.54) is 49.9 Å². The zero-order valence-corrected chi connectivity index (χ0v) is 17.9. The number of rotatable bonds is 3. The summed E-state index contributed by atoms with van der Waals surface area (Å²) in [6.45, 7) is 0. The molecule has 0 radical (unpaired) electrons. The molecule has 152 valence electrons. The maximum atomic E-state index is 2.32. The lowest BCUT2D eigenvalue weighted by Gasteiger charge is -2.12. The topological polar surface area (TPSA) is 9.03 Å². The Morgan fingerprint density at radius 3 is 1.78 bits per heavy atom. The third kappa shape index (κ3) is 3.09. The molecule has 0 atom stereocenters. The van der Waals surface area contributed by atoms with Gasteiger partial charge in [0.05, 0.1) is 12.6 Å². The van der Waals surface area contributed by atoms with Crippen molar-refractivity contribution in [3.63, 3.8) is 0 Å². The number of para-hydroxylation sites is 1. The van der Waals surface area contributed by atoms with Crippen molar-refractivity contribution in [3.05, 3.63) is 122 Å². The molecule has 0 amide bonds. The lowest BCUT2D eigenvalue weighted by molar-refractivity contribution is -0.479. The van der Waals surface area contributed by atoms with Crippen molar-refractivity contribution in [2.75, 3.05) is 0 Å². The van der Waals surface area contributed by atoms with Gasteiger partial charge in [0.2, 0.25) is 0 Å². The molecule has 2 heterocycles. The highest BCUT2D eigenvalue weighted by molar-refractivity contribution is 5.90. The number of aryl methyl sites for hydroxylation is 1. The molecule has 32 heavy (non-hydrogen) atoms. The summed E-state index contributed by atoms with van der Waals surface area (Å²) >= 11 is 0. The number of aromatic nitrogens is 2. The van der Waals surface area contributed by atoms with Gasteiger partial charge in [0.15, 0.2) is 0 Å². The third-order valence-corrected chi connectivity index (χ3v) is 6.20. The number of benzene rings is 4. The minimum Gasteiger partial charge on any atom is -0.232 e. The molecule has 4 aromatic carbocycles. The summed E-state index contributed by atoms with van der Waals surface area (Å²) in [4.78, 5) is 0. The summed E-state index contributed by atoms with van der Waals surface area (Å²) in [6.07, 6.45) is 4.28. The van der Waals surface area contributed by atoms with Crippen molar-refractivity contribution in [1.82, 2.24) is 4.57 Å². The molecular formula is C30H23N2+. The molecule has 0 N–H and O–H groups in total. The summed E-state index contributed by atoms with van der Waals surface area (Å²) in [5.41, 5.74) is 9.75. The van der Waals surface area contributed by atoms with Gasteiger partial charge in [-0.1, -0.05) is 78.9 Å². The van der Waals surface area contributed by atoms with E-state index in [1.54, 1.807) is 0 Å². The lowest BCUT2D eigenvalue weighted by Crippen LogP contribution is -2.21. The van der Waals surface area contributed by atoms with Crippen molar-refractivity contribution in [2.45, 2.75) is 0 Å².